The summed E-state index contributed by atoms with van der Waals surface area (Å²) in [4.78, 5) is 31.5. The topological polar surface area (TPSA) is 108 Å². The number of methoxy groups -OCH3 is 1. The molecule has 1 N–H and O–H groups in total. The van der Waals surface area contributed by atoms with Crippen molar-refractivity contribution in [2.45, 2.75) is 37.9 Å². The van der Waals surface area contributed by atoms with Crippen molar-refractivity contribution < 1.29 is 23.8 Å². The molecule has 188 valence electrons. The minimum absolute atomic E-state index is 0.0370. The summed E-state index contributed by atoms with van der Waals surface area (Å²) in [5.74, 6) is 1.58. The molecule has 1 atom stereocenters. The number of rotatable bonds is 9. The fourth-order valence-corrected chi connectivity index (χ4v) is 4.89. The number of nitrogens with zero attached hydrogens (tertiary/aromatic N) is 4. The molecule has 2 aromatic rings. The molecule has 0 spiro atoms. The third-order valence-electron chi connectivity index (χ3n) is 5.89. The number of ether oxygens (including phenoxy) is 3. The van der Waals surface area contributed by atoms with Crippen LogP contribution in [0.2, 0.25) is 0 Å². The lowest BCUT2D eigenvalue weighted by atomic mass is 9.96. The van der Waals surface area contributed by atoms with E-state index in [1.165, 1.54) is 7.11 Å². The normalized spacial score (nSPS) is 17.6. The molecule has 2 aliphatic rings. The summed E-state index contributed by atoms with van der Waals surface area (Å²) in [7, 11) is 1.37. The molecule has 1 amide bonds. The number of morpholine rings is 1. The van der Waals surface area contributed by atoms with Gasteiger partial charge in [-0.3, -0.25) is 4.79 Å². The Morgan fingerprint density at radius 3 is 2.66 bits per heavy atom. The minimum atomic E-state index is -0.504. The molecule has 35 heavy (non-hydrogen) atoms. The van der Waals surface area contributed by atoms with Crippen LogP contribution in [0.25, 0.3) is 0 Å². The molecule has 4 rings (SSSR count). The molecule has 11 heteroatoms. The second kappa shape index (κ2) is 11.6. The van der Waals surface area contributed by atoms with Gasteiger partial charge >= 0.3 is 5.97 Å². The van der Waals surface area contributed by atoms with Gasteiger partial charge in [0.2, 0.25) is 11.1 Å². The number of hydrogen-bond acceptors (Lipinski definition) is 9. The maximum atomic E-state index is 12.7. The van der Waals surface area contributed by atoms with E-state index in [0.717, 1.165) is 24.2 Å². The second-order valence-electron chi connectivity index (χ2n) is 8.27. The van der Waals surface area contributed by atoms with Gasteiger partial charge in [0.05, 0.1) is 25.9 Å². The number of aromatic nitrogens is 3. The van der Waals surface area contributed by atoms with Gasteiger partial charge in [-0.1, -0.05) is 37.2 Å². The van der Waals surface area contributed by atoms with Crippen LogP contribution < -0.4 is 10.1 Å². The van der Waals surface area contributed by atoms with E-state index in [0.29, 0.717) is 54.4 Å². The Morgan fingerprint density at radius 1 is 1.23 bits per heavy atom. The van der Waals surface area contributed by atoms with Crippen LogP contribution in [-0.4, -0.2) is 77.3 Å². The summed E-state index contributed by atoms with van der Waals surface area (Å²) in [6, 6.07) is 6.83. The predicted molar refractivity (Wildman–Crippen MR) is 131 cm³/mol. The molecule has 3 heterocycles. The first kappa shape index (κ1) is 25.1. The minimum Gasteiger partial charge on any atom is -0.484 e. The van der Waals surface area contributed by atoms with Gasteiger partial charge in [-0.2, -0.15) is 4.98 Å². The van der Waals surface area contributed by atoms with Crippen LogP contribution in [0.4, 0.5) is 5.95 Å². The molecular formula is C24H31N5O5S. The van der Waals surface area contributed by atoms with E-state index in [2.05, 4.69) is 22.3 Å². The predicted octanol–water partition coefficient (Wildman–Crippen LogP) is 2.87. The van der Waals surface area contributed by atoms with Crippen LogP contribution >= 0.6 is 11.8 Å². The molecule has 1 aromatic carbocycles. The van der Waals surface area contributed by atoms with Crippen molar-refractivity contribution in [1.82, 2.24) is 19.7 Å². The number of allylic oxidation sites excluding steroid dienone is 1. The molecule has 1 fully saturated rings. The van der Waals surface area contributed by atoms with E-state index in [4.69, 9.17) is 14.2 Å². The maximum absolute atomic E-state index is 12.7. The number of thioether (sulfide) groups is 1. The van der Waals surface area contributed by atoms with Crippen LogP contribution in [0, 0.1) is 0 Å². The number of nitrogens with one attached hydrogen (secondary N) is 1. The average Bonchev–Trinajstić information content (AvgIpc) is 3.29. The Balaban J connectivity index is 1.54. The Kier molecular flexibility index (Phi) is 8.29. The third-order valence-corrected chi connectivity index (χ3v) is 6.81. The number of fused-ring (bicyclic) bond motifs is 1. The van der Waals surface area contributed by atoms with Crippen LogP contribution in [0.1, 0.15) is 38.3 Å². The molecule has 1 aromatic heterocycles. The third kappa shape index (κ3) is 5.79. The highest BCUT2D eigenvalue weighted by molar-refractivity contribution is 7.99. The van der Waals surface area contributed by atoms with Crippen molar-refractivity contribution in [2.75, 3.05) is 51.1 Å². The Hall–Kier alpha value is -3.05. The van der Waals surface area contributed by atoms with Crippen molar-refractivity contribution in [1.29, 1.82) is 0 Å². The molecule has 0 saturated carbocycles. The molecule has 1 saturated heterocycles. The van der Waals surface area contributed by atoms with Crippen LogP contribution in [0.5, 0.6) is 5.75 Å². The zero-order valence-electron chi connectivity index (χ0n) is 20.3. The van der Waals surface area contributed by atoms with Crippen molar-refractivity contribution in [2.24, 2.45) is 0 Å². The summed E-state index contributed by atoms with van der Waals surface area (Å²) >= 11 is 1.59. The molecule has 2 aliphatic heterocycles. The number of esters is 1. The highest BCUT2D eigenvalue weighted by atomic mass is 32.2. The van der Waals surface area contributed by atoms with Crippen molar-refractivity contribution >= 4 is 29.6 Å². The van der Waals surface area contributed by atoms with Crippen LogP contribution in [-0.2, 0) is 19.1 Å². The van der Waals surface area contributed by atoms with Crippen LogP contribution in [0.3, 0.4) is 0 Å². The SMILES string of the molecule is CCCCSc1nc2n(n1)C(c1ccc(OCC(=O)N3CCOCC3)cc1)C(C(=O)OC)=C(C)N2. The smallest absolute Gasteiger partial charge is 0.338 e. The largest absolute Gasteiger partial charge is 0.484 e. The number of carbonyl (C=O) groups excluding carboxylic acids is 2. The zero-order valence-corrected chi connectivity index (χ0v) is 21.1. The lowest BCUT2D eigenvalue weighted by Gasteiger charge is -2.28. The summed E-state index contributed by atoms with van der Waals surface area (Å²) in [5, 5.41) is 8.54. The lowest BCUT2D eigenvalue weighted by Crippen LogP contribution is -2.42. The van der Waals surface area contributed by atoms with E-state index in [9.17, 15) is 9.59 Å². The Labute approximate surface area is 209 Å². The van der Waals surface area contributed by atoms with Crippen LogP contribution in [0.15, 0.2) is 40.7 Å². The average molecular weight is 502 g/mol. The highest BCUT2D eigenvalue weighted by Crippen LogP contribution is 2.37. The fraction of sp³-hybridized carbons (Fsp3) is 0.500. The monoisotopic (exact) mass is 501 g/mol. The van der Waals surface area contributed by atoms with Gasteiger partial charge in [0, 0.05) is 24.5 Å². The highest BCUT2D eigenvalue weighted by Gasteiger charge is 2.35. The first-order valence-corrected chi connectivity index (χ1v) is 12.7. The Bertz CT molecular complexity index is 1080. The van der Waals surface area contributed by atoms with E-state index < -0.39 is 12.0 Å². The molecule has 0 bridgehead atoms. The number of anilines is 1. The summed E-state index contributed by atoms with van der Waals surface area (Å²) in [6.07, 6.45) is 2.17. The van der Waals surface area contributed by atoms with Gasteiger partial charge < -0.3 is 24.4 Å². The van der Waals surface area contributed by atoms with Crippen molar-refractivity contribution in [3.8, 4) is 5.75 Å². The van der Waals surface area contributed by atoms with E-state index in [1.807, 2.05) is 19.1 Å². The number of hydrogen-bond donors (Lipinski definition) is 1. The van der Waals surface area contributed by atoms with E-state index in [-0.39, 0.29) is 12.5 Å². The van der Waals surface area contributed by atoms with Gasteiger partial charge in [0.25, 0.3) is 5.91 Å². The number of unbranched alkanes of at least 4 members (excludes halogenated alkanes) is 1. The number of amides is 1. The van der Waals surface area contributed by atoms with Crippen molar-refractivity contribution in [3.63, 3.8) is 0 Å². The van der Waals surface area contributed by atoms with Gasteiger partial charge in [-0.05, 0) is 31.0 Å². The first-order valence-electron chi connectivity index (χ1n) is 11.8. The summed E-state index contributed by atoms with van der Waals surface area (Å²) in [6.45, 7) is 6.20. The van der Waals surface area contributed by atoms with Gasteiger partial charge in [-0.15, -0.1) is 5.10 Å². The van der Waals surface area contributed by atoms with E-state index in [1.54, 1.807) is 33.5 Å². The quantitative estimate of drug-likeness (QED) is 0.315. The zero-order chi connectivity index (χ0) is 24.8. The van der Waals surface area contributed by atoms with Gasteiger partial charge in [0.1, 0.15) is 11.8 Å². The lowest BCUT2D eigenvalue weighted by molar-refractivity contribution is -0.137. The fourth-order valence-electron chi connectivity index (χ4n) is 3.98. The Morgan fingerprint density at radius 2 is 1.97 bits per heavy atom. The first-order chi connectivity index (χ1) is 17.0. The standard InChI is InChI=1S/C24H31N5O5S/c1-4-5-14-35-24-26-23-25-16(2)20(22(31)32-3)21(29(23)27-24)17-6-8-18(9-7-17)34-15-19(30)28-10-12-33-13-11-28/h6-9,21H,4-5,10-15H2,1-3H3,(H,25,26,27). The van der Waals surface area contributed by atoms with Gasteiger partial charge in [-0.25, -0.2) is 9.48 Å². The van der Waals surface area contributed by atoms with Crippen molar-refractivity contribution in [3.05, 3.63) is 41.1 Å². The number of benzene rings is 1. The molecule has 0 aliphatic carbocycles. The molecule has 1 unspecified atom stereocenters. The second-order valence-corrected chi connectivity index (χ2v) is 9.34. The van der Waals surface area contributed by atoms with Gasteiger partial charge in [0.15, 0.2) is 6.61 Å². The maximum Gasteiger partial charge on any atom is 0.338 e. The molecule has 10 nitrogen and oxygen atoms in total. The molecule has 0 radical (unpaired) electrons. The van der Waals surface area contributed by atoms with E-state index >= 15 is 0 Å². The molecular weight excluding hydrogens is 470 g/mol. The summed E-state index contributed by atoms with van der Waals surface area (Å²) in [5.41, 5.74) is 1.96. The summed E-state index contributed by atoms with van der Waals surface area (Å²) < 4.78 is 17.8. The number of carbonyl (C=O) groups is 2.